The molecule has 0 aliphatic carbocycles. The van der Waals surface area contributed by atoms with Crippen LogP contribution in [-0.4, -0.2) is 28.7 Å². The number of nitrogens with zero attached hydrogens (tertiary/aromatic N) is 2. The van der Waals surface area contributed by atoms with Crippen LogP contribution in [-0.2, 0) is 20.7 Å². The maximum atomic E-state index is 12.1. The first-order chi connectivity index (χ1) is 13.5. The molecular formula is C19H13ClN4O4. The number of benzene rings is 2. The summed E-state index contributed by atoms with van der Waals surface area (Å²) in [6.07, 6.45) is -0.217. The van der Waals surface area contributed by atoms with Crippen LogP contribution in [0.3, 0.4) is 0 Å². The molecule has 9 heteroatoms. The fourth-order valence-electron chi connectivity index (χ4n) is 2.54. The van der Waals surface area contributed by atoms with Crippen LogP contribution >= 0.6 is 11.6 Å². The van der Waals surface area contributed by atoms with Crippen molar-refractivity contribution in [3.8, 4) is 6.07 Å². The second kappa shape index (κ2) is 8.33. The van der Waals surface area contributed by atoms with Gasteiger partial charge in [-0.1, -0.05) is 29.8 Å². The molecule has 0 atom stereocenters. The predicted octanol–water partition coefficient (Wildman–Crippen LogP) is 2.17. The average Bonchev–Trinajstić information content (AvgIpc) is 2.69. The van der Waals surface area contributed by atoms with E-state index in [1.165, 1.54) is 18.2 Å². The first-order valence-corrected chi connectivity index (χ1v) is 8.47. The first-order valence-electron chi connectivity index (χ1n) is 8.09. The van der Waals surface area contributed by atoms with Gasteiger partial charge in [0.05, 0.1) is 28.8 Å². The zero-order chi connectivity index (χ0) is 20.1. The van der Waals surface area contributed by atoms with E-state index < -0.39 is 18.5 Å². The van der Waals surface area contributed by atoms with Crippen molar-refractivity contribution in [2.45, 2.75) is 6.42 Å². The number of hydrogen-bond acceptors (Lipinski definition) is 6. The number of carbonyl (C=O) groups excluding carboxylic acids is 2. The molecule has 0 radical (unpaired) electrons. The SMILES string of the molecule is N#Cc1ccc(Cl)cc1NC(=O)COC(=O)Cc1n[nH]c(=O)c2ccccc12. The van der Waals surface area contributed by atoms with Crippen molar-refractivity contribution in [2.75, 3.05) is 11.9 Å². The molecule has 0 aliphatic rings. The van der Waals surface area contributed by atoms with Crippen molar-refractivity contribution in [3.05, 3.63) is 69.1 Å². The number of amides is 1. The van der Waals surface area contributed by atoms with Gasteiger partial charge >= 0.3 is 5.97 Å². The number of rotatable bonds is 5. The Balaban J connectivity index is 1.63. The molecule has 2 N–H and O–H groups in total. The van der Waals surface area contributed by atoms with Crippen LogP contribution in [0.4, 0.5) is 5.69 Å². The van der Waals surface area contributed by atoms with Crippen LogP contribution in [0.25, 0.3) is 10.8 Å². The van der Waals surface area contributed by atoms with E-state index in [-0.39, 0.29) is 23.2 Å². The molecule has 0 fully saturated rings. The van der Waals surface area contributed by atoms with E-state index in [2.05, 4.69) is 15.5 Å². The van der Waals surface area contributed by atoms with Crippen molar-refractivity contribution < 1.29 is 14.3 Å². The van der Waals surface area contributed by atoms with Crippen molar-refractivity contribution in [1.82, 2.24) is 10.2 Å². The highest BCUT2D eigenvalue weighted by molar-refractivity contribution is 6.31. The van der Waals surface area contributed by atoms with E-state index >= 15 is 0 Å². The second-order valence-corrected chi connectivity index (χ2v) is 6.17. The van der Waals surface area contributed by atoms with Crippen LogP contribution in [0.2, 0.25) is 5.02 Å². The number of carbonyl (C=O) groups is 2. The molecule has 0 spiro atoms. The number of nitrogens with one attached hydrogen (secondary N) is 2. The summed E-state index contributed by atoms with van der Waals surface area (Å²) in [7, 11) is 0. The number of aromatic nitrogens is 2. The summed E-state index contributed by atoms with van der Waals surface area (Å²) < 4.78 is 4.96. The van der Waals surface area contributed by atoms with Crippen molar-refractivity contribution in [1.29, 1.82) is 5.26 Å². The van der Waals surface area contributed by atoms with Gasteiger partial charge in [0.1, 0.15) is 6.07 Å². The zero-order valence-electron chi connectivity index (χ0n) is 14.4. The van der Waals surface area contributed by atoms with Gasteiger partial charge in [-0.2, -0.15) is 10.4 Å². The lowest BCUT2D eigenvalue weighted by Crippen LogP contribution is -2.22. The molecule has 0 aliphatic heterocycles. The summed E-state index contributed by atoms with van der Waals surface area (Å²) in [6, 6.07) is 13.1. The fourth-order valence-corrected chi connectivity index (χ4v) is 2.72. The Morgan fingerprint density at radius 1 is 1.21 bits per heavy atom. The molecule has 8 nitrogen and oxygen atoms in total. The Morgan fingerprint density at radius 2 is 1.96 bits per heavy atom. The van der Waals surface area contributed by atoms with Gasteiger partial charge in [0.2, 0.25) is 0 Å². The summed E-state index contributed by atoms with van der Waals surface area (Å²) in [6.45, 7) is -0.544. The van der Waals surface area contributed by atoms with E-state index in [0.717, 1.165) is 0 Å². The van der Waals surface area contributed by atoms with E-state index in [9.17, 15) is 14.4 Å². The number of fused-ring (bicyclic) bond motifs is 1. The minimum atomic E-state index is -0.688. The Labute approximate surface area is 163 Å². The minimum absolute atomic E-state index is 0.217. The van der Waals surface area contributed by atoms with E-state index in [1.807, 2.05) is 6.07 Å². The second-order valence-electron chi connectivity index (χ2n) is 5.73. The van der Waals surface area contributed by atoms with E-state index in [4.69, 9.17) is 21.6 Å². The van der Waals surface area contributed by atoms with Gasteiger partial charge < -0.3 is 10.1 Å². The molecule has 0 saturated heterocycles. The number of esters is 1. The minimum Gasteiger partial charge on any atom is -0.455 e. The van der Waals surface area contributed by atoms with Crippen molar-refractivity contribution in [2.24, 2.45) is 0 Å². The van der Waals surface area contributed by atoms with Crippen molar-refractivity contribution in [3.63, 3.8) is 0 Å². The van der Waals surface area contributed by atoms with Crippen LogP contribution in [0.5, 0.6) is 0 Å². The highest BCUT2D eigenvalue weighted by atomic mass is 35.5. The monoisotopic (exact) mass is 396 g/mol. The van der Waals surface area contributed by atoms with Crippen molar-refractivity contribution >= 4 is 39.9 Å². The number of anilines is 1. The maximum absolute atomic E-state index is 12.1. The normalized spacial score (nSPS) is 10.3. The fraction of sp³-hybridized carbons (Fsp3) is 0.105. The number of ether oxygens (including phenoxy) is 1. The topological polar surface area (TPSA) is 125 Å². The molecule has 140 valence electrons. The Kier molecular flexibility index (Phi) is 5.67. The van der Waals surface area contributed by atoms with Gasteiger partial charge in [-0.05, 0) is 24.3 Å². The highest BCUT2D eigenvalue weighted by Crippen LogP contribution is 2.20. The quantitative estimate of drug-likeness (QED) is 0.637. The summed E-state index contributed by atoms with van der Waals surface area (Å²) >= 11 is 5.86. The molecule has 28 heavy (non-hydrogen) atoms. The number of H-pyrrole nitrogens is 1. The molecule has 1 amide bonds. The molecule has 0 saturated carbocycles. The Morgan fingerprint density at radius 3 is 2.71 bits per heavy atom. The first kappa shape index (κ1) is 19.1. The molecule has 3 aromatic rings. The van der Waals surface area contributed by atoms with Gasteiger partial charge in [0.15, 0.2) is 6.61 Å². The highest BCUT2D eigenvalue weighted by Gasteiger charge is 2.14. The summed E-state index contributed by atoms with van der Waals surface area (Å²) in [4.78, 5) is 35.8. The van der Waals surface area contributed by atoms with Crippen LogP contribution in [0, 0.1) is 11.3 Å². The Hall–Kier alpha value is -3.70. The Bertz CT molecular complexity index is 1170. The number of aromatic amines is 1. The van der Waals surface area contributed by atoms with Gasteiger partial charge in [0, 0.05) is 10.4 Å². The molecule has 2 aromatic carbocycles. The lowest BCUT2D eigenvalue weighted by atomic mass is 10.1. The third-order valence-corrected chi connectivity index (χ3v) is 4.06. The standard InChI is InChI=1S/C19H13ClN4O4/c20-12-6-5-11(9-21)15(7-12)22-17(25)10-28-18(26)8-16-13-3-1-2-4-14(13)19(27)24-23-16/h1-7H,8,10H2,(H,22,25)(H,24,27). The van der Waals surface area contributed by atoms with Crippen LogP contribution < -0.4 is 10.9 Å². The van der Waals surface area contributed by atoms with Gasteiger partial charge in [-0.15, -0.1) is 0 Å². The third-order valence-electron chi connectivity index (χ3n) is 3.83. The summed E-state index contributed by atoms with van der Waals surface area (Å²) in [5, 5.41) is 19.0. The molecule has 1 heterocycles. The van der Waals surface area contributed by atoms with E-state index in [1.54, 1.807) is 24.3 Å². The van der Waals surface area contributed by atoms with Gasteiger partial charge in [-0.25, -0.2) is 5.10 Å². The number of hydrogen-bond donors (Lipinski definition) is 2. The van der Waals surface area contributed by atoms with Gasteiger partial charge in [0.25, 0.3) is 11.5 Å². The molecule has 1 aromatic heterocycles. The molecular weight excluding hydrogens is 384 g/mol. The van der Waals surface area contributed by atoms with E-state index in [0.29, 0.717) is 21.5 Å². The third kappa shape index (κ3) is 4.34. The molecule has 0 unspecified atom stereocenters. The predicted molar refractivity (Wildman–Crippen MR) is 102 cm³/mol. The van der Waals surface area contributed by atoms with Crippen LogP contribution in [0.1, 0.15) is 11.3 Å². The average molecular weight is 397 g/mol. The largest absolute Gasteiger partial charge is 0.455 e. The van der Waals surface area contributed by atoms with Gasteiger partial charge in [-0.3, -0.25) is 14.4 Å². The maximum Gasteiger partial charge on any atom is 0.312 e. The zero-order valence-corrected chi connectivity index (χ0v) is 15.1. The molecule has 3 rings (SSSR count). The lowest BCUT2D eigenvalue weighted by molar-refractivity contribution is -0.146. The lowest BCUT2D eigenvalue weighted by Gasteiger charge is -2.09. The smallest absolute Gasteiger partial charge is 0.312 e. The number of nitriles is 1. The molecule has 0 bridgehead atoms. The number of halogens is 1. The van der Waals surface area contributed by atoms with Crippen LogP contribution in [0.15, 0.2) is 47.3 Å². The summed E-state index contributed by atoms with van der Waals surface area (Å²) in [5.74, 6) is -1.31. The summed E-state index contributed by atoms with van der Waals surface area (Å²) in [5.41, 5.74) is 0.432.